The van der Waals surface area contributed by atoms with Crippen molar-refractivity contribution in [1.82, 2.24) is 9.80 Å². The molecule has 0 saturated carbocycles. The summed E-state index contributed by atoms with van der Waals surface area (Å²) in [6.07, 6.45) is -2.16. The van der Waals surface area contributed by atoms with Gasteiger partial charge in [-0.05, 0) is 52.8 Å². The number of amides is 1. The van der Waals surface area contributed by atoms with Gasteiger partial charge in [-0.2, -0.15) is 0 Å². The molecule has 13 nitrogen and oxygen atoms in total. The van der Waals surface area contributed by atoms with E-state index in [1.54, 1.807) is 4.90 Å². The normalized spacial score (nSPS) is 16.1. The molecule has 2 atom stereocenters. The number of hydrogen-bond donors (Lipinski definition) is 4. The molecule has 1 fully saturated rings. The maximum Gasteiger partial charge on any atom is 0.410 e. The van der Waals surface area contributed by atoms with Gasteiger partial charge in [-0.15, -0.1) is 0 Å². The quantitative estimate of drug-likeness (QED) is 0.322. The number of ether oxygens (including phenoxy) is 2. The van der Waals surface area contributed by atoms with Crippen molar-refractivity contribution in [2.24, 2.45) is 0 Å². The first-order valence-corrected chi connectivity index (χ1v) is 13.8. The summed E-state index contributed by atoms with van der Waals surface area (Å²) in [4.78, 5) is 35.2. The number of carbonyl (C=O) groups is 3. The molecule has 2 rings (SSSR count). The fraction of sp³-hybridized carbons (Fsp3) is 0.625. The highest BCUT2D eigenvalue weighted by molar-refractivity contribution is 7.90. The fourth-order valence-corrected chi connectivity index (χ4v) is 4.18. The number of nitrogens with zero attached hydrogens (tertiary/aromatic N) is 2. The molecule has 0 aromatic heterocycles. The Morgan fingerprint density at radius 3 is 2.03 bits per heavy atom. The lowest BCUT2D eigenvalue weighted by molar-refractivity contribution is -0.165. The highest BCUT2D eigenvalue weighted by Crippen LogP contribution is 2.21. The van der Waals surface area contributed by atoms with Crippen LogP contribution in [0.2, 0.25) is 0 Å². The fourth-order valence-electron chi connectivity index (χ4n) is 3.45. The van der Waals surface area contributed by atoms with E-state index in [0.29, 0.717) is 38.0 Å². The third-order valence-electron chi connectivity index (χ3n) is 5.56. The van der Waals surface area contributed by atoms with Gasteiger partial charge in [0.15, 0.2) is 22.0 Å². The first-order chi connectivity index (χ1) is 17.8. The highest BCUT2D eigenvalue weighted by atomic mass is 32.2. The molecule has 1 aliphatic heterocycles. The monoisotopic (exact) mass is 580 g/mol. The summed E-state index contributed by atoms with van der Waals surface area (Å²) in [6.45, 7) is 7.82. The molecule has 222 valence electrons. The van der Waals surface area contributed by atoms with Crippen molar-refractivity contribution in [3.8, 4) is 5.75 Å². The Bertz CT molecular complexity index is 1080. The van der Waals surface area contributed by atoms with Gasteiger partial charge in [0, 0.05) is 38.0 Å². The number of aliphatic hydroxyl groups is 2. The topological polar surface area (TPSA) is 191 Å². The number of likely N-dealkylation sites (tertiary alicyclic amines) is 1. The van der Waals surface area contributed by atoms with Crippen molar-refractivity contribution in [3.05, 3.63) is 24.0 Å². The number of benzene rings is 1. The largest absolute Gasteiger partial charge is 0.492 e. The van der Waals surface area contributed by atoms with Crippen LogP contribution in [0.3, 0.4) is 0 Å². The second-order valence-corrected chi connectivity index (χ2v) is 11.9. The van der Waals surface area contributed by atoms with Crippen LogP contribution >= 0.6 is 0 Å². The first kappa shape index (κ1) is 34.0. The molecule has 1 aromatic carbocycles. The van der Waals surface area contributed by atoms with Gasteiger partial charge < -0.3 is 34.8 Å². The van der Waals surface area contributed by atoms with Crippen LogP contribution in [-0.4, -0.2) is 120 Å². The molecular formula is C24H37FN2O11S. The zero-order valence-electron chi connectivity index (χ0n) is 22.5. The number of halogens is 1. The van der Waals surface area contributed by atoms with Gasteiger partial charge in [0.05, 0.1) is 0 Å². The number of rotatable bonds is 9. The number of carboxylic acids is 2. The van der Waals surface area contributed by atoms with E-state index in [-0.39, 0.29) is 11.0 Å². The summed E-state index contributed by atoms with van der Waals surface area (Å²) in [6, 6.07) is 4.09. The minimum atomic E-state index is -3.60. The minimum Gasteiger partial charge on any atom is -0.492 e. The Kier molecular flexibility index (Phi) is 12.6. The number of aliphatic carboxylic acids is 2. The van der Waals surface area contributed by atoms with Gasteiger partial charge in [0.1, 0.15) is 28.7 Å². The van der Waals surface area contributed by atoms with Crippen molar-refractivity contribution in [1.29, 1.82) is 0 Å². The van der Waals surface area contributed by atoms with Crippen molar-refractivity contribution in [3.63, 3.8) is 0 Å². The summed E-state index contributed by atoms with van der Waals surface area (Å²) in [5, 5.41) is 32.5. The van der Waals surface area contributed by atoms with Crippen molar-refractivity contribution < 1.29 is 57.1 Å². The van der Waals surface area contributed by atoms with E-state index in [1.807, 2.05) is 27.8 Å². The minimum absolute atomic E-state index is 0.276. The van der Waals surface area contributed by atoms with Gasteiger partial charge in [-0.25, -0.2) is 27.2 Å². The molecule has 0 unspecified atom stereocenters. The van der Waals surface area contributed by atoms with Crippen LogP contribution in [0.1, 0.15) is 33.6 Å². The Labute approximate surface area is 226 Å². The lowest BCUT2D eigenvalue weighted by Crippen LogP contribution is -2.47. The van der Waals surface area contributed by atoms with Crippen LogP contribution < -0.4 is 4.74 Å². The third kappa shape index (κ3) is 11.7. The maximum absolute atomic E-state index is 13.9. The van der Waals surface area contributed by atoms with Gasteiger partial charge >= 0.3 is 18.0 Å². The lowest BCUT2D eigenvalue weighted by atomic mass is 10.0. The Morgan fingerprint density at radius 1 is 1.10 bits per heavy atom. The van der Waals surface area contributed by atoms with E-state index in [2.05, 4.69) is 4.90 Å². The molecule has 0 spiro atoms. The molecule has 39 heavy (non-hydrogen) atoms. The highest BCUT2D eigenvalue weighted by Gasteiger charge is 2.30. The average molecular weight is 581 g/mol. The van der Waals surface area contributed by atoms with E-state index in [1.165, 1.54) is 12.1 Å². The third-order valence-corrected chi connectivity index (χ3v) is 6.69. The van der Waals surface area contributed by atoms with Gasteiger partial charge in [0.25, 0.3) is 0 Å². The summed E-state index contributed by atoms with van der Waals surface area (Å²) in [7, 11) is -1.60. The molecule has 0 bridgehead atoms. The summed E-state index contributed by atoms with van der Waals surface area (Å²) in [5.74, 6) is -4.05. The van der Waals surface area contributed by atoms with Crippen molar-refractivity contribution in [2.75, 3.05) is 39.5 Å². The number of carboxylic acid groups (broad SMARTS) is 2. The molecule has 4 N–H and O–H groups in total. The van der Waals surface area contributed by atoms with Crippen LogP contribution in [-0.2, 0) is 24.2 Å². The molecule has 15 heteroatoms. The zero-order valence-corrected chi connectivity index (χ0v) is 23.4. The van der Waals surface area contributed by atoms with E-state index >= 15 is 0 Å². The van der Waals surface area contributed by atoms with Crippen molar-refractivity contribution in [2.45, 2.75) is 62.4 Å². The average Bonchev–Trinajstić information content (AvgIpc) is 2.81. The predicted molar refractivity (Wildman–Crippen MR) is 136 cm³/mol. The maximum atomic E-state index is 13.9. The molecule has 1 heterocycles. The van der Waals surface area contributed by atoms with Crippen LogP contribution in [0.5, 0.6) is 5.75 Å². The standard InChI is InChI=1S/C20H31FN2O5S.C4H6O6/c1-20(2,3)28-19(24)23-10-8-15(9-11-23)22(4)12-13-27-16-6-7-18(17(21)14-16)29(5,25)26;5-1(3(7)8)2(6)4(9)10/h6-7,14-15H,8-13H2,1-5H3;1-2,5-6H,(H,7,8)(H,9,10)/t;1-,2-/m.0/s1. The molecule has 1 saturated heterocycles. The first-order valence-electron chi connectivity index (χ1n) is 12.0. The Balaban J connectivity index is 0.000000646. The molecule has 1 aromatic rings. The smallest absolute Gasteiger partial charge is 0.410 e. The number of piperidine rings is 1. The van der Waals surface area contributed by atoms with Crippen LogP contribution in [0.15, 0.2) is 23.1 Å². The summed E-state index contributed by atoms with van der Waals surface area (Å²) >= 11 is 0. The number of likely N-dealkylation sites (N-methyl/N-ethyl adjacent to an activating group) is 1. The zero-order chi connectivity index (χ0) is 30.1. The summed E-state index contributed by atoms with van der Waals surface area (Å²) < 4.78 is 47.8. The van der Waals surface area contributed by atoms with Crippen LogP contribution in [0.4, 0.5) is 9.18 Å². The van der Waals surface area contributed by atoms with E-state index < -0.39 is 45.4 Å². The molecule has 1 aliphatic rings. The van der Waals surface area contributed by atoms with Gasteiger partial charge in [-0.1, -0.05) is 0 Å². The number of sulfone groups is 1. The molecular weight excluding hydrogens is 543 g/mol. The second kappa shape index (κ2) is 14.4. The number of carbonyl (C=O) groups excluding carboxylic acids is 1. The molecule has 1 amide bonds. The lowest BCUT2D eigenvalue weighted by Gasteiger charge is -2.37. The second-order valence-electron chi connectivity index (χ2n) is 9.96. The van der Waals surface area contributed by atoms with Crippen LogP contribution in [0, 0.1) is 5.82 Å². The predicted octanol–water partition coefficient (Wildman–Crippen LogP) is 0.817. The van der Waals surface area contributed by atoms with Gasteiger partial charge in [0.2, 0.25) is 0 Å². The Hall–Kier alpha value is -3.01. The summed E-state index contributed by atoms with van der Waals surface area (Å²) in [5.41, 5.74) is -0.499. The van der Waals surface area contributed by atoms with E-state index in [9.17, 15) is 27.2 Å². The van der Waals surface area contributed by atoms with Crippen molar-refractivity contribution >= 4 is 27.9 Å². The number of hydrogen-bond acceptors (Lipinski definition) is 10. The van der Waals surface area contributed by atoms with E-state index in [0.717, 1.165) is 25.2 Å². The molecule has 0 radical (unpaired) electrons. The number of aliphatic hydroxyl groups excluding tert-OH is 2. The molecule has 0 aliphatic carbocycles. The van der Waals surface area contributed by atoms with E-state index in [4.69, 9.17) is 29.9 Å². The Morgan fingerprint density at radius 2 is 1.62 bits per heavy atom. The SMILES string of the molecule is CN(CCOc1ccc(S(C)(=O)=O)c(F)c1)C1CCN(C(=O)OC(C)(C)C)CC1.O=C(O)[C@@H](O)[C@H](O)C(=O)O. The van der Waals surface area contributed by atoms with Crippen LogP contribution in [0.25, 0.3) is 0 Å². The van der Waals surface area contributed by atoms with Gasteiger partial charge in [-0.3, -0.25) is 4.90 Å².